The van der Waals surface area contributed by atoms with Gasteiger partial charge in [0.2, 0.25) is 5.91 Å². The number of carboxylic acid groups (broad SMARTS) is 1. The van der Waals surface area contributed by atoms with E-state index in [9.17, 15) is 18.8 Å². The number of carboxylic acids is 1. The van der Waals surface area contributed by atoms with Gasteiger partial charge in [-0.2, -0.15) is 0 Å². The minimum absolute atomic E-state index is 0.0199. The molecule has 0 saturated carbocycles. The maximum absolute atomic E-state index is 13.9. The minimum atomic E-state index is -1.19. The van der Waals surface area contributed by atoms with Gasteiger partial charge in [0.05, 0.1) is 5.69 Å². The van der Waals surface area contributed by atoms with Gasteiger partial charge in [0.25, 0.3) is 5.91 Å². The van der Waals surface area contributed by atoms with Crippen molar-refractivity contribution in [1.82, 2.24) is 5.32 Å². The van der Waals surface area contributed by atoms with E-state index in [-0.39, 0.29) is 29.5 Å². The van der Waals surface area contributed by atoms with Crippen molar-refractivity contribution in [3.05, 3.63) is 29.6 Å². The highest BCUT2D eigenvalue weighted by Gasteiger charge is 2.17. The Morgan fingerprint density at radius 3 is 2.36 bits per heavy atom. The number of aliphatic carboxylic acids is 1. The molecule has 0 aliphatic carbocycles. The van der Waals surface area contributed by atoms with Crippen LogP contribution in [-0.4, -0.2) is 28.9 Å². The quantitative estimate of drug-likeness (QED) is 0.749. The summed E-state index contributed by atoms with van der Waals surface area (Å²) in [5.74, 6) is -2.82. The Morgan fingerprint density at radius 2 is 1.86 bits per heavy atom. The first kappa shape index (κ1) is 17.6. The first-order valence-corrected chi connectivity index (χ1v) is 6.83. The third kappa shape index (κ3) is 5.16. The average Bonchev–Trinajstić information content (AvgIpc) is 2.39. The van der Waals surface area contributed by atoms with Gasteiger partial charge in [0, 0.05) is 12.0 Å². The maximum Gasteiger partial charge on any atom is 0.325 e. The van der Waals surface area contributed by atoms with E-state index >= 15 is 0 Å². The van der Waals surface area contributed by atoms with Gasteiger partial charge in [-0.1, -0.05) is 13.8 Å². The van der Waals surface area contributed by atoms with E-state index in [1.54, 1.807) is 0 Å². The van der Waals surface area contributed by atoms with Gasteiger partial charge in [-0.05, 0) is 31.0 Å². The Balaban J connectivity index is 2.79. The van der Waals surface area contributed by atoms with Crippen LogP contribution in [-0.2, 0) is 9.59 Å². The maximum atomic E-state index is 13.9. The van der Waals surface area contributed by atoms with E-state index in [1.807, 2.05) is 13.8 Å². The Morgan fingerprint density at radius 1 is 1.23 bits per heavy atom. The molecule has 0 heterocycles. The summed E-state index contributed by atoms with van der Waals surface area (Å²) >= 11 is 0. The third-order valence-electron chi connectivity index (χ3n) is 2.82. The molecule has 0 spiro atoms. The zero-order valence-corrected chi connectivity index (χ0v) is 12.6. The number of carbonyl (C=O) groups is 3. The average molecular weight is 310 g/mol. The fraction of sp³-hybridized carbons (Fsp3) is 0.400. The van der Waals surface area contributed by atoms with Crippen molar-refractivity contribution in [2.75, 3.05) is 5.32 Å². The molecule has 7 heteroatoms. The van der Waals surface area contributed by atoms with Crippen molar-refractivity contribution in [1.29, 1.82) is 0 Å². The summed E-state index contributed by atoms with van der Waals surface area (Å²) in [6, 6.07) is 2.46. The van der Waals surface area contributed by atoms with Crippen molar-refractivity contribution in [3.8, 4) is 0 Å². The first-order chi connectivity index (χ1) is 10.2. The largest absolute Gasteiger partial charge is 0.480 e. The molecule has 0 aromatic heterocycles. The number of rotatable bonds is 6. The van der Waals surface area contributed by atoms with E-state index in [0.29, 0.717) is 0 Å². The second-order valence-corrected chi connectivity index (χ2v) is 5.37. The summed E-state index contributed by atoms with van der Waals surface area (Å²) in [7, 11) is 0. The summed E-state index contributed by atoms with van der Waals surface area (Å²) in [6.07, 6.45) is 0.262. The van der Waals surface area contributed by atoms with Gasteiger partial charge >= 0.3 is 5.97 Å². The smallest absolute Gasteiger partial charge is 0.325 e. The van der Waals surface area contributed by atoms with Crippen molar-refractivity contribution >= 4 is 23.5 Å². The number of halogens is 1. The summed E-state index contributed by atoms with van der Waals surface area (Å²) in [4.78, 5) is 34.0. The van der Waals surface area contributed by atoms with Crippen LogP contribution in [0.25, 0.3) is 0 Å². The van der Waals surface area contributed by atoms with Crippen LogP contribution in [0.15, 0.2) is 18.2 Å². The summed E-state index contributed by atoms with van der Waals surface area (Å²) in [6.45, 7) is 5.04. The summed E-state index contributed by atoms with van der Waals surface area (Å²) in [5.41, 5.74) is -0.0408. The summed E-state index contributed by atoms with van der Waals surface area (Å²) in [5, 5.41) is 13.4. The Bertz CT molecular complexity index is 587. The van der Waals surface area contributed by atoms with Crippen LogP contribution in [0.2, 0.25) is 0 Å². The molecule has 2 amide bonds. The molecule has 1 rings (SSSR count). The van der Waals surface area contributed by atoms with Crippen LogP contribution in [0.4, 0.5) is 10.1 Å². The number of benzene rings is 1. The Hall–Kier alpha value is -2.44. The molecule has 1 atom stereocenters. The molecule has 0 bridgehead atoms. The predicted octanol–water partition coefficient (Wildman–Crippen LogP) is 2.01. The predicted molar refractivity (Wildman–Crippen MR) is 79.0 cm³/mol. The highest BCUT2D eigenvalue weighted by molar-refractivity contribution is 5.97. The van der Waals surface area contributed by atoms with E-state index < -0.39 is 23.7 Å². The van der Waals surface area contributed by atoms with Gasteiger partial charge in [-0.15, -0.1) is 0 Å². The monoisotopic (exact) mass is 310 g/mol. The normalized spacial score (nSPS) is 11.9. The molecule has 0 aliphatic heterocycles. The summed E-state index contributed by atoms with van der Waals surface area (Å²) < 4.78 is 13.9. The molecule has 3 N–H and O–H groups in total. The molecule has 120 valence electrons. The van der Waals surface area contributed by atoms with Crippen molar-refractivity contribution < 1.29 is 23.9 Å². The highest BCUT2D eigenvalue weighted by Crippen LogP contribution is 2.17. The van der Waals surface area contributed by atoms with Crippen molar-refractivity contribution in [2.45, 2.75) is 33.2 Å². The zero-order chi connectivity index (χ0) is 16.9. The van der Waals surface area contributed by atoms with E-state index in [4.69, 9.17) is 5.11 Å². The lowest BCUT2D eigenvalue weighted by Gasteiger charge is -2.11. The molecule has 0 aliphatic rings. The lowest BCUT2D eigenvalue weighted by atomic mass is 10.1. The molecule has 1 aromatic carbocycles. The van der Waals surface area contributed by atoms with Gasteiger partial charge < -0.3 is 15.7 Å². The van der Waals surface area contributed by atoms with E-state index in [1.165, 1.54) is 19.1 Å². The van der Waals surface area contributed by atoms with Gasteiger partial charge in [-0.25, -0.2) is 4.39 Å². The molecular weight excluding hydrogens is 291 g/mol. The highest BCUT2D eigenvalue weighted by atomic mass is 19.1. The van der Waals surface area contributed by atoms with Gasteiger partial charge in [0.1, 0.15) is 11.9 Å². The van der Waals surface area contributed by atoms with Crippen LogP contribution in [0.3, 0.4) is 0 Å². The number of hydrogen-bond acceptors (Lipinski definition) is 3. The molecular formula is C15H19FN2O4. The van der Waals surface area contributed by atoms with Gasteiger partial charge in [-0.3, -0.25) is 14.4 Å². The first-order valence-electron chi connectivity index (χ1n) is 6.83. The van der Waals surface area contributed by atoms with Gasteiger partial charge in [0.15, 0.2) is 0 Å². The van der Waals surface area contributed by atoms with Crippen LogP contribution < -0.4 is 10.6 Å². The minimum Gasteiger partial charge on any atom is -0.480 e. The van der Waals surface area contributed by atoms with Crippen LogP contribution >= 0.6 is 0 Å². The second-order valence-electron chi connectivity index (χ2n) is 5.37. The van der Waals surface area contributed by atoms with Crippen LogP contribution in [0, 0.1) is 11.7 Å². The lowest BCUT2D eigenvalue weighted by Crippen LogP contribution is -2.38. The van der Waals surface area contributed by atoms with Crippen molar-refractivity contribution in [2.24, 2.45) is 5.92 Å². The van der Waals surface area contributed by atoms with E-state index in [2.05, 4.69) is 10.6 Å². The standard InChI is InChI=1S/C15H19FN2O4/c1-8(2)6-13(19)18-12-5-4-10(7-11(12)16)14(20)17-9(3)15(21)22/h4-5,7-9H,6H2,1-3H3,(H,17,20)(H,18,19)(H,21,22)/t9-/m1/s1. The lowest BCUT2D eigenvalue weighted by molar-refractivity contribution is -0.138. The topological polar surface area (TPSA) is 95.5 Å². The number of anilines is 1. The number of amides is 2. The third-order valence-corrected chi connectivity index (χ3v) is 2.82. The van der Waals surface area contributed by atoms with E-state index in [0.717, 1.165) is 6.07 Å². The SMILES string of the molecule is CC(C)CC(=O)Nc1ccc(C(=O)N[C@H](C)C(=O)O)cc1F. The Kier molecular flexibility index (Phi) is 6.03. The molecule has 6 nitrogen and oxygen atoms in total. The van der Waals surface area contributed by atoms with Crippen molar-refractivity contribution in [3.63, 3.8) is 0 Å². The second kappa shape index (κ2) is 7.53. The Labute approximate surface area is 127 Å². The molecule has 0 fully saturated rings. The van der Waals surface area contributed by atoms with Crippen LogP contribution in [0.1, 0.15) is 37.6 Å². The number of carbonyl (C=O) groups excluding carboxylic acids is 2. The molecule has 0 saturated heterocycles. The fourth-order valence-electron chi connectivity index (χ4n) is 1.67. The number of nitrogens with one attached hydrogen (secondary N) is 2. The van der Waals surface area contributed by atoms with Crippen LogP contribution in [0.5, 0.6) is 0 Å². The zero-order valence-electron chi connectivity index (χ0n) is 12.6. The number of hydrogen-bond donors (Lipinski definition) is 3. The molecule has 0 unspecified atom stereocenters. The molecule has 1 aromatic rings. The fourth-order valence-corrected chi connectivity index (χ4v) is 1.67. The molecule has 0 radical (unpaired) electrons. The molecule has 22 heavy (non-hydrogen) atoms.